The van der Waals surface area contributed by atoms with Crippen molar-refractivity contribution in [2.45, 2.75) is 46.5 Å². The number of aromatic nitrogens is 2. The molecule has 1 aromatic carbocycles. The summed E-state index contributed by atoms with van der Waals surface area (Å²) in [5, 5.41) is 0. The molecule has 0 fully saturated rings. The van der Waals surface area contributed by atoms with Crippen LogP contribution in [0.1, 0.15) is 43.6 Å². The smallest absolute Gasteiger partial charge is 0.254 e. The molecule has 0 saturated heterocycles. The third-order valence-electron chi connectivity index (χ3n) is 3.43. The highest BCUT2D eigenvalue weighted by atomic mass is 16.1. The Morgan fingerprint density at radius 3 is 2.60 bits per heavy atom. The molecule has 20 heavy (non-hydrogen) atoms. The van der Waals surface area contributed by atoms with Gasteiger partial charge in [0.2, 0.25) is 0 Å². The first-order valence-electron chi connectivity index (χ1n) is 7.34. The third-order valence-corrected chi connectivity index (χ3v) is 3.43. The molecule has 1 N–H and O–H groups in total. The summed E-state index contributed by atoms with van der Waals surface area (Å²) in [6, 6.07) is 8.35. The van der Waals surface area contributed by atoms with E-state index < -0.39 is 0 Å². The van der Waals surface area contributed by atoms with Gasteiger partial charge >= 0.3 is 0 Å². The highest BCUT2D eigenvalue weighted by molar-refractivity contribution is 5.63. The molecule has 0 spiro atoms. The van der Waals surface area contributed by atoms with Crippen molar-refractivity contribution in [3.05, 3.63) is 51.6 Å². The first kappa shape index (κ1) is 14.5. The average molecular weight is 270 g/mol. The van der Waals surface area contributed by atoms with Crippen LogP contribution in [0.3, 0.4) is 0 Å². The standard InChI is InChI=1S/C17H22N2O/c1-4-7-13-9-6-10-14(11-13)16-12(3)17(20)19-15(18-16)8-5-2/h6,9-11H,4-5,7-8H2,1-3H3,(H,18,19,20). The number of benzene rings is 1. The van der Waals surface area contributed by atoms with Gasteiger partial charge in [-0.25, -0.2) is 4.98 Å². The minimum atomic E-state index is -0.0284. The van der Waals surface area contributed by atoms with Crippen molar-refractivity contribution >= 4 is 0 Å². The first-order valence-corrected chi connectivity index (χ1v) is 7.34. The zero-order chi connectivity index (χ0) is 14.5. The Labute approximate surface area is 120 Å². The van der Waals surface area contributed by atoms with Crippen molar-refractivity contribution < 1.29 is 0 Å². The molecule has 0 bridgehead atoms. The van der Waals surface area contributed by atoms with Crippen LogP contribution in [0.5, 0.6) is 0 Å². The van der Waals surface area contributed by atoms with E-state index >= 15 is 0 Å². The summed E-state index contributed by atoms with van der Waals surface area (Å²) in [6.07, 6.45) is 3.95. The summed E-state index contributed by atoms with van der Waals surface area (Å²) < 4.78 is 0. The predicted octanol–water partition coefficient (Wildman–Crippen LogP) is 3.65. The summed E-state index contributed by atoms with van der Waals surface area (Å²) in [6.45, 7) is 6.09. The number of aryl methyl sites for hydroxylation is 2. The lowest BCUT2D eigenvalue weighted by Crippen LogP contribution is -2.16. The number of hydrogen-bond donors (Lipinski definition) is 1. The van der Waals surface area contributed by atoms with Gasteiger partial charge < -0.3 is 4.98 Å². The Kier molecular flexibility index (Phi) is 4.72. The lowest BCUT2D eigenvalue weighted by molar-refractivity contribution is 0.822. The summed E-state index contributed by atoms with van der Waals surface area (Å²) in [5.74, 6) is 0.777. The second-order valence-corrected chi connectivity index (χ2v) is 5.19. The predicted molar refractivity (Wildman–Crippen MR) is 83.0 cm³/mol. The molecule has 3 nitrogen and oxygen atoms in total. The lowest BCUT2D eigenvalue weighted by Gasteiger charge is -2.09. The molecule has 0 aliphatic rings. The lowest BCUT2D eigenvalue weighted by atomic mass is 10.0. The molecule has 106 valence electrons. The molecule has 0 unspecified atom stereocenters. The summed E-state index contributed by atoms with van der Waals surface area (Å²) >= 11 is 0. The fraction of sp³-hybridized carbons (Fsp3) is 0.412. The van der Waals surface area contributed by atoms with Crippen molar-refractivity contribution in [1.29, 1.82) is 0 Å². The maximum absolute atomic E-state index is 12.0. The van der Waals surface area contributed by atoms with Crippen LogP contribution < -0.4 is 5.56 Å². The van der Waals surface area contributed by atoms with Gasteiger partial charge in [0.1, 0.15) is 5.82 Å². The van der Waals surface area contributed by atoms with E-state index in [4.69, 9.17) is 0 Å². The van der Waals surface area contributed by atoms with Crippen molar-refractivity contribution in [1.82, 2.24) is 9.97 Å². The minimum Gasteiger partial charge on any atom is -0.310 e. The zero-order valence-corrected chi connectivity index (χ0v) is 12.5. The highest BCUT2D eigenvalue weighted by Gasteiger charge is 2.10. The molecule has 2 rings (SSSR count). The summed E-state index contributed by atoms with van der Waals surface area (Å²) in [7, 11) is 0. The van der Waals surface area contributed by atoms with E-state index in [9.17, 15) is 4.79 Å². The molecule has 0 saturated carbocycles. The van der Waals surface area contributed by atoms with Crippen LogP contribution in [0.4, 0.5) is 0 Å². The monoisotopic (exact) mass is 270 g/mol. The Morgan fingerprint density at radius 1 is 1.15 bits per heavy atom. The molecule has 0 radical (unpaired) electrons. The van der Waals surface area contributed by atoms with E-state index in [0.29, 0.717) is 5.56 Å². The first-order chi connectivity index (χ1) is 9.65. The molecule has 1 aromatic heterocycles. The number of aromatic amines is 1. The molecule has 1 heterocycles. The van der Waals surface area contributed by atoms with Gasteiger partial charge in [0.15, 0.2) is 0 Å². The van der Waals surface area contributed by atoms with Crippen LogP contribution in [0.25, 0.3) is 11.3 Å². The van der Waals surface area contributed by atoms with Crippen molar-refractivity contribution in [3.8, 4) is 11.3 Å². The van der Waals surface area contributed by atoms with Crippen LogP contribution in [-0.4, -0.2) is 9.97 Å². The van der Waals surface area contributed by atoms with Gasteiger partial charge in [0.05, 0.1) is 5.69 Å². The Hall–Kier alpha value is -1.90. The Balaban J connectivity index is 2.50. The Bertz CT molecular complexity index is 644. The van der Waals surface area contributed by atoms with E-state index in [0.717, 1.165) is 42.8 Å². The quantitative estimate of drug-likeness (QED) is 0.901. The van der Waals surface area contributed by atoms with E-state index in [-0.39, 0.29) is 5.56 Å². The fourth-order valence-corrected chi connectivity index (χ4v) is 2.38. The largest absolute Gasteiger partial charge is 0.310 e. The molecule has 0 aliphatic heterocycles. The van der Waals surface area contributed by atoms with Gasteiger partial charge in [0.25, 0.3) is 5.56 Å². The van der Waals surface area contributed by atoms with Crippen molar-refractivity contribution in [3.63, 3.8) is 0 Å². The zero-order valence-electron chi connectivity index (χ0n) is 12.5. The van der Waals surface area contributed by atoms with Gasteiger partial charge in [-0.05, 0) is 31.4 Å². The van der Waals surface area contributed by atoms with Crippen LogP contribution in [-0.2, 0) is 12.8 Å². The van der Waals surface area contributed by atoms with Crippen LogP contribution in [0.15, 0.2) is 29.1 Å². The summed E-state index contributed by atoms with van der Waals surface area (Å²) in [5.41, 5.74) is 3.81. The second-order valence-electron chi connectivity index (χ2n) is 5.19. The molecular weight excluding hydrogens is 248 g/mol. The number of nitrogens with zero attached hydrogens (tertiary/aromatic N) is 1. The number of rotatable bonds is 5. The van der Waals surface area contributed by atoms with E-state index in [2.05, 4.69) is 35.9 Å². The molecule has 0 amide bonds. The van der Waals surface area contributed by atoms with Gasteiger partial charge in [-0.3, -0.25) is 4.79 Å². The minimum absolute atomic E-state index is 0.0284. The molecule has 0 aliphatic carbocycles. The summed E-state index contributed by atoms with van der Waals surface area (Å²) in [4.78, 5) is 19.5. The van der Waals surface area contributed by atoms with Crippen LogP contribution >= 0.6 is 0 Å². The average Bonchev–Trinajstić information content (AvgIpc) is 2.43. The van der Waals surface area contributed by atoms with Gasteiger partial charge in [-0.2, -0.15) is 0 Å². The Morgan fingerprint density at radius 2 is 1.90 bits per heavy atom. The maximum Gasteiger partial charge on any atom is 0.254 e. The fourth-order valence-electron chi connectivity index (χ4n) is 2.38. The van der Waals surface area contributed by atoms with E-state index in [1.165, 1.54) is 5.56 Å². The number of nitrogens with one attached hydrogen (secondary N) is 1. The normalized spacial score (nSPS) is 10.8. The number of H-pyrrole nitrogens is 1. The number of hydrogen-bond acceptors (Lipinski definition) is 2. The van der Waals surface area contributed by atoms with Crippen LogP contribution in [0.2, 0.25) is 0 Å². The van der Waals surface area contributed by atoms with E-state index in [1.54, 1.807) is 0 Å². The van der Waals surface area contributed by atoms with Gasteiger partial charge in [0, 0.05) is 17.5 Å². The van der Waals surface area contributed by atoms with Gasteiger partial charge in [-0.1, -0.05) is 38.5 Å². The molecule has 3 heteroatoms. The van der Waals surface area contributed by atoms with Crippen molar-refractivity contribution in [2.75, 3.05) is 0 Å². The molecule has 2 aromatic rings. The third kappa shape index (κ3) is 3.16. The highest BCUT2D eigenvalue weighted by Crippen LogP contribution is 2.21. The van der Waals surface area contributed by atoms with Gasteiger partial charge in [-0.15, -0.1) is 0 Å². The maximum atomic E-state index is 12.0. The van der Waals surface area contributed by atoms with Crippen LogP contribution in [0, 0.1) is 6.92 Å². The molecule has 0 atom stereocenters. The topological polar surface area (TPSA) is 45.8 Å². The van der Waals surface area contributed by atoms with Crippen molar-refractivity contribution in [2.24, 2.45) is 0 Å². The molecular formula is C17H22N2O. The SMILES string of the molecule is CCCc1cccc(-c2nc(CCC)[nH]c(=O)c2C)c1. The second kappa shape index (κ2) is 6.51. The van der Waals surface area contributed by atoms with E-state index in [1.807, 2.05) is 19.1 Å².